The van der Waals surface area contributed by atoms with Gasteiger partial charge >= 0.3 is 0 Å². The summed E-state index contributed by atoms with van der Waals surface area (Å²) in [6.07, 6.45) is 7.36. The van der Waals surface area contributed by atoms with E-state index in [0.717, 1.165) is 12.8 Å². The Hall–Kier alpha value is -0.810. The first-order valence-electron chi connectivity index (χ1n) is 5.91. The lowest BCUT2D eigenvalue weighted by Gasteiger charge is -2.18. The topological polar surface area (TPSA) is 76.5 Å². The largest absolute Gasteiger partial charge is 0.452 e. The molecule has 0 aliphatic heterocycles. The van der Waals surface area contributed by atoms with Gasteiger partial charge in [0, 0.05) is 12.6 Å². The second-order valence-electron chi connectivity index (χ2n) is 4.50. The SMILES string of the molecule is C#CCN(CC1CC1)S(=O)(=O)c1cc(CN)oc1Br. The van der Waals surface area contributed by atoms with Crippen LogP contribution < -0.4 is 5.73 Å². The number of nitrogens with zero attached hydrogens (tertiary/aromatic N) is 1. The normalized spacial score (nSPS) is 15.7. The Labute approximate surface area is 121 Å². The molecule has 0 atom stereocenters. The fourth-order valence-electron chi connectivity index (χ4n) is 1.75. The highest BCUT2D eigenvalue weighted by Crippen LogP contribution is 2.33. The molecule has 1 fully saturated rings. The highest BCUT2D eigenvalue weighted by Gasteiger charge is 2.33. The molecular weight excluding hydrogens is 332 g/mol. The number of hydrogen-bond acceptors (Lipinski definition) is 4. The van der Waals surface area contributed by atoms with Gasteiger partial charge in [-0.25, -0.2) is 8.42 Å². The Kier molecular flexibility index (Phi) is 4.36. The van der Waals surface area contributed by atoms with Crippen LogP contribution in [0.3, 0.4) is 0 Å². The van der Waals surface area contributed by atoms with Gasteiger partial charge in [-0.2, -0.15) is 4.31 Å². The molecule has 1 aliphatic carbocycles. The van der Waals surface area contributed by atoms with E-state index in [1.807, 2.05) is 0 Å². The maximum Gasteiger partial charge on any atom is 0.248 e. The fourth-order valence-corrected chi connectivity index (χ4v) is 4.14. The summed E-state index contributed by atoms with van der Waals surface area (Å²) in [6.45, 7) is 0.669. The summed E-state index contributed by atoms with van der Waals surface area (Å²) in [7, 11) is -3.64. The van der Waals surface area contributed by atoms with E-state index in [-0.39, 0.29) is 22.7 Å². The summed E-state index contributed by atoms with van der Waals surface area (Å²) in [5.41, 5.74) is 5.45. The molecule has 0 saturated heterocycles. The van der Waals surface area contributed by atoms with Crippen LogP contribution in [0, 0.1) is 18.3 Å². The molecule has 0 radical (unpaired) electrons. The van der Waals surface area contributed by atoms with Crippen molar-refractivity contribution in [3.63, 3.8) is 0 Å². The van der Waals surface area contributed by atoms with Crippen molar-refractivity contribution in [3.05, 3.63) is 16.5 Å². The lowest BCUT2D eigenvalue weighted by molar-refractivity contribution is 0.427. The van der Waals surface area contributed by atoms with Crippen molar-refractivity contribution >= 4 is 26.0 Å². The number of furan rings is 1. The van der Waals surface area contributed by atoms with Crippen molar-refractivity contribution in [2.24, 2.45) is 11.7 Å². The maximum atomic E-state index is 12.5. The van der Waals surface area contributed by atoms with Crippen LogP contribution in [0.4, 0.5) is 0 Å². The van der Waals surface area contributed by atoms with Crippen LogP contribution >= 0.6 is 15.9 Å². The van der Waals surface area contributed by atoms with Crippen LogP contribution in [0.25, 0.3) is 0 Å². The number of sulfonamides is 1. The van der Waals surface area contributed by atoms with E-state index in [4.69, 9.17) is 16.6 Å². The summed E-state index contributed by atoms with van der Waals surface area (Å²) in [6, 6.07) is 1.44. The van der Waals surface area contributed by atoms with E-state index >= 15 is 0 Å². The zero-order valence-electron chi connectivity index (χ0n) is 10.3. The molecule has 5 nitrogen and oxygen atoms in total. The van der Waals surface area contributed by atoms with Gasteiger partial charge in [0.05, 0.1) is 13.1 Å². The first kappa shape index (κ1) is 14.6. The molecule has 2 N–H and O–H groups in total. The van der Waals surface area contributed by atoms with Gasteiger partial charge in [0.2, 0.25) is 10.0 Å². The van der Waals surface area contributed by atoms with Gasteiger partial charge in [0.25, 0.3) is 0 Å². The summed E-state index contributed by atoms with van der Waals surface area (Å²) >= 11 is 3.12. The van der Waals surface area contributed by atoms with E-state index < -0.39 is 10.0 Å². The van der Waals surface area contributed by atoms with Gasteiger partial charge in [0.15, 0.2) is 4.67 Å². The molecule has 2 rings (SSSR count). The Morgan fingerprint density at radius 1 is 1.58 bits per heavy atom. The molecule has 1 heterocycles. The Morgan fingerprint density at radius 2 is 2.26 bits per heavy atom. The minimum atomic E-state index is -3.64. The van der Waals surface area contributed by atoms with E-state index in [9.17, 15) is 8.42 Å². The minimum absolute atomic E-state index is 0.0639. The maximum absolute atomic E-state index is 12.5. The third kappa shape index (κ3) is 3.20. The van der Waals surface area contributed by atoms with Crippen LogP contribution in [-0.4, -0.2) is 25.8 Å². The summed E-state index contributed by atoms with van der Waals surface area (Å²) in [5, 5.41) is 0. The predicted molar refractivity (Wildman–Crippen MR) is 74.6 cm³/mol. The van der Waals surface area contributed by atoms with E-state index in [1.54, 1.807) is 0 Å². The van der Waals surface area contributed by atoms with Crippen LogP contribution in [0.2, 0.25) is 0 Å². The quantitative estimate of drug-likeness (QED) is 0.792. The van der Waals surface area contributed by atoms with E-state index in [1.165, 1.54) is 10.4 Å². The summed E-state index contributed by atoms with van der Waals surface area (Å²) in [4.78, 5) is 0.0869. The van der Waals surface area contributed by atoms with Crippen molar-refractivity contribution in [1.29, 1.82) is 0 Å². The van der Waals surface area contributed by atoms with Crippen molar-refractivity contribution in [2.45, 2.75) is 24.3 Å². The molecule has 104 valence electrons. The van der Waals surface area contributed by atoms with E-state index in [0.29, 0.717) is 18.2 Å². The Morgan fingerprint density at radius 3 is 2.74 bits per heavy atom. The van der Waals surface area contributed by atoms with Gasteiger partial charge < -0.3 is 10.2 Å². The molecule has 1 aromatic heterocycles. The van der Waals surface area contributed by atoms with Crippen LogP contribution in [-0.2, 0) is 16.6 Å². The molecule has 0 aromatic carbocycles. The molecule has 1 aliphatic rings. The van der Waals surface area contributed by atoms with Crippen molar-refractivity contribution in [2.75, 3.05) is 13.1 Å². The third-order valence-corrected chi connectivity index (χ3v) is 5.62. The van der Waals surface area contributed by atoms with E-state index in [2.05, 4.69) is 21.9 Å². The number of terminal acetylenes is 1. The van der Waals surface area contributed by atoms with Crippen LogP contribution in [0.15, 0.2) is 20.0 Å². The van der Waals surface area contributed by atoms with Gasteiger partial charge in [-0.15, -0.1) is 6.42 Å². The highest BCUT2D eigenvalue weighted by atomic mass is 79.9. The summed E-state index contributed by atoms with van der Waals surface area (Å²) in [5.74, 6) is 3.23. The van der Waals surface area contributed by atoms with Crippen molar-refractivity contribution < 1.29 is 12.8 Å². The molecule has 19 heavy (non-hydrogen) atoms. The third-order valence-electron chi connectivity index (χ3n) is 2.95. The summed E-state index contributed by atoms with van der Waals surface area (Å²) < 4.78 is 31.8. The van der Waals surface area contributed by atoms with Gasteiger partial charge in [-0.1, -0.05) is 5.92 Å². The monoisotopic (exact) mass is 346 g/mol. The average molecular weight is 347 g/mol. The smallest absolute Gasteiger partial charge is 0.248 e. The average Bonchev–Trinajstić information content (AvgIpc) is 3.09. The van der Waals surface area contributed by atoms with Gasteiger partial charge in [-0.3, -0.25) is 0 Å². The highest BCUT2D eigenvalue weighted by molar-refractivity contribution is 9.10. The first-order chi connectivity index (χ1) is 8.98. The van der Waals surface area contributed by atoms with Gasteiger partial charge in [0.1, 0.15) is 10.7 Å². The lowest BCUT2D eigenvalue weighted by Crippen LogP contribution is -2.33. The van der Waals surface area contributed by atoms with Crippen molar-refractivity contribution in [1.82, 2.24) is 4.31 Å². The molecule has 7 heteroatoms. The lowest BCUT2D eigenvalue weighted by atomic mass is 10.4. The predicted octanol–water partition coefficient (Wildman–Crippen LogP) is 1.53. The Balaban J connectivity index is 2.31. The molecule has 0 bridgehead atoms. The first-order valence-corrected chi connectivity index (χ1v) is 8.14. The number of hydrogen-bond donors (Lipinski definition) is 1. The molecule has 1 aromatic rings. The zero-order valence-corrected chi connectivity index (χ0v) is 12.7. The fraction of sp³-hybridized carbons (Fsp3) is 0.500. The van der Waals surface area contributed by atoms with Gasteiger partial charge in [-0.05, 0) is 34.7 Å². The second kappa shape index (κ2) is 5.67. The standard InChI is InChI=1S/C12H15BrN2O3S/c1-2-5-15(8-9-3-4-9)19(16,17)11-6-10(7-14)18-12(11)13/h1,6,9H,3-5,7-8,14H2. The zero-order chi connectivity index (χ0) is 14.0. The van der Waals surface area contributed by atoms with Crippen molar-refractivity contribution in [3.8, 4) is 12.3 Å². The Bertz CT molecular complexity index is 599. The molecule has 0 spiro atoms. The molecule has 0 amide bonds. The molecule has 1 saturated carbocycles. The second-order valence-corrected chi connectivity index (χ2v) is 7.13. The molecular formula is C12H15BrN2O3S. The minimum Gasteiger partial charge on any atom is -0.452 e. The number of halogens is 1. The van der Waals surface area contributed by atoms with Crippen LogP contribution in [0.1, 0.15) is 18.6 Å². The number of rotatable bonds is 6. The van der Waals surface area contributed by atoms with Crippen LogP contribution in [0.5, 0.6) is 0 Å². The number of nitrogens with two attached hydrogens (primary N) is 1. The molecule has 0 unspecified atom stereocenters.